The molecule has 0 N–H and O–H groups in total. The fourth-order valence-electron chi connectivity index (χ4n) is 2.36. The van der Waals surface area contributed by atoms with Gasteiger partial charge in [0.15, 0.2) is 0 Å². The van der Waals surface area contributed by atoms with Gasteiger partial charge in [0.05, 0.1) is 12.0 Å². The molecule has 0 amide bonds. The van der Waals surface area contributed by atoms with Crippen LogP contribution in [-0.4, -0.2) is 27.3 Å². The van der Waals surface area contributed by atoms with Crippen molar-refractivity contribution in [2.24, 2.45) is 0 Å². The molecule has 3 aromatic rings. The number of hydrogen-bond acceptors (Lipinski definition) is 6. The highest BCUT2D eigenvalue weighted by atomic mass is 79.9. The molecule has 2 aromatic heterocycles. The van der Waals surface area contributed by atoms with Gasteiger partial charge in [0.2, 0.25) is 0 Å². The zero-order valence-electron chi connectivity index (χ0n) is 14.1. The molecule has 0 radical (unpaired) electrons. The number of benzene rings is 1. The first-order chi connectivity index (χ1) is 11.9. The molecule has 0 aliphatic heterocycles. The van der Waals surface area contributed by atoms with Gasteiger partial charge in [-0.2, -0.15) is 0 Å². The Morgan fingerprint density at radius 2 is 2.00 bits per heavy atom. The first kappa shape index (κ1) is 18.4. The summed E-state index contributed by atoms with van der Waals surface area (Å²) < 4.78 is 5.50. The van der Waals surface area contributed by atoms with Gasteiger partial charge in [-0.3, -0.25) is 4.79 Å². The average molecular weight is 437 g/mol. The van der Waals surface area contributed by atoms with Crippen molar-refractivity contribution in [2.45, 2.75) is 30.5 Å². The normalized spacial score (nSPS) is 11.7. The van der Waals surface area contributed by atoms with Gasteiger partial charge in [0.25, 0.3) is 0 Å². The lowest BCUT2D eigenvalue weighted by Crippen LogP contribution is -2.30. The Labute approximate surface area is 163 Å². The van der Waals surface area contributed by atoms with E-state index in [1.54, 1.807) is 17.7 Å². The summed E-state index contributed by atoms with van der Waals surface area (Å²) >= 11 is 6.46. The van der Waals surface area contributed by atoms with Crippen LogP contribution in [0.15, 0.2) is 45.5 Å². The van der Waals surface area contributed by atoms with Crippen molar-refractivity contribution in [3.63, 3.8) is 0 Å². The topological polar surface area (TPSA) is 52.1 Å². The van der Waals surface area contributed by atoms with E-state index in [1.165, 1.54) is 11.8 Å². The SMILES string of the molecule is CCOC(=O)C(C)(C)Sc1ncnc2scc(-c3ccc(Br)cc3)c12. The van der Waals surface area contributed by atoms with Gasteiger partial charge in [0, 0.05) is 15.4 Å². The van der Waals surface area contributed by atoms with Gasteiger partial charge in [-0.1, -0.05) is 39.8 Å². The molecule has 0 unspecified atom stereocenters. The average Bonchev–Trinajstić information content (AvgIpc) is 3.01. The molecule has 0 saturated carbocycles. The zero-order chi connectivity index (χ0) is 18.0. The first-order valence-electron chi connectivity index (χ1n) is 7.76. The highest BCUT2D eigenvalue weighted by Gasteiger charge is 2.32. The third kappa shape index (κ3) is 3.88. The van der Waals surface area contributed by atoms with Crippen LogP contribution in [0.25, 0.3) is 21.3 Å². The summed E-state index contributed by atoms with van der Waals surface area (Å²) in [5, 5.41) is 3.86. The van der Waals surface area contributed by atoms with Crippen LogP contribution in [0.5, 0.6) is 0 Å². The van der Waals surface area contributed by atoms with Crippen molar-refractivity contribution < 1.29 is 9.53 Å². The Bertz CT molecular complexity index is 907. The number of thioether (sulfide) groups is 1. The van der Waals surface area contributed by atoms with Crippen LogP contribution >= 0.6 is 39.0 Å². The van der Waals surface area contributed by atoms with Crippen LogP contribution in [-0.2, 0) is 9.53 Å². The number of aromatic nitrogens is 2. The quantitative estimate of drug-likeness (QED) is 0.297. The minimum atomic E-state index is -0.726. The molecular weight excluding hydrogens is 420 g/mol. The van der Waals surface area contributed by atoms with Crippen LogP contribution in [0.4, 0.5) is 0 Å². The van der Waals surface area contributed by atoms with Crippen molar-refractivity contribution >= 4 is 55.2 Å². The number of hydrogen-bond donors (Lipinski definition) is 0. The summed E-state index contributed by atoms with van der Waals surface area (Å²) in [7, 11) is 0. The van der Waals surface area contributed by atoms with Gasteiger partial charge < -0.3 is 4.74 Å². The molecule has 3 rings (SSSR count). The largest absolute Gasteiger partial charge is 0.465 e. The second kappa shape index (κ2) is 7.43. The molecule has 2 heterocycles. The van der Waals surface area contributed by atoms with E-state index >= 15 is 0 Å². The molecule has 0 spiro atoms. The smallest absolute Gasteiger partial charge is 0.322 e. The molecule has 4 nitrogen and oxygen atoms in total. The minimum absolute atomic E-state index is 0.243. The summed E-state index contributed by atoms with van der Waals surface area (Å²) in [5.41, 5.74) is 2.18. The molecule has 1 aromatic carbocycles. The second-order valence-corrected chi connectivity index (χ2v) is 9.23. The van der Waals surface area contributed by atoms with Crippen molar-refractivity contribution in [2.75, 3.05) is 6.61 Å². The maximum absolute atomic E-state index is 12.2. The minimum Gasteiger partial charge on any atom is -0.465 e. The van der Waals surface area contributed by atoms with Crippen molar-refractivity contribution in [3.05, 3.63) is 40.4 Å². The molecule has 0 saturated heterocycles. The number of fused-ring (bicyclic) bond motifs is 1. The highest BCUT2D eigenvalue weighted by Crippen LogP contribution is 2.42. The number of ether oxygens (including phenoxy) is 1. The van der Waals surface area contributed by atoms with Crippen molar-refractivity contribution in [1.82, 2.24) is 9.97 Å². The van der Waals surface area contributed by atoms with Gasteiger partial charge in [-0.05, 0) is 38.5 Å². The Hall–Kier alpha value is -1.44. The standard InChI is InChI=1S/C18H17BrN2O2S2/c1-4-23-17(22)18(2,3)25-16-14-13(9-24-15(14)20-10-21-16)11-5-7-12(19)8-6-11/h5-10H,4H2,1-3H3. The number of rotatable bonds is 5. The van der Waals surface area contributed by atoms with E-state index in [0.717, 1.165) is 30.8 Å². The molecular formula is C18H17BrN2O2S2. The zero-order valence-corrected chi connectivity index (χ0v) is 17.3. The lowest BCUT2D eigenvalue weighted by atomic mass is 10.1. The molecule has 0 bridgehead atoms. The maximum atomic E-state index is 12.2. The Morgan fingerprint density at radius 3 is 2.68 bits per heavy atom. The van der Waals surface area contributed by atoms with E-state index in [4.69, 9.17) is 4.74 Å². The maximum Gasteiger partial charge on any atom is 0.322 e. The van der Waals surface area contributed by atoms with Gasteiger partial charge in [-0.15, -0.1) is 11.3 Å². The van der Waals surface area contributed by atoms with E-state index in [9.17, 15) is 4.79 Å². The van der Waals surface area contributed by atoms with E-state index in [2.05, 4.69) is 43.4 Å². The van der Waals surface area contributed by atoms with Crippen molar-refractivity contribution in [3.8, 4) is 11.1 Å². The molecule has 0 atom stereocenters. The van der Waals surface area contributed by atoms with Crippen LogP contribution in [0, 0.1) is 0 Å². The second-order valence-electron chi connectivity index (χ2n) is 5.85. The third-order valence-electron chi connectivity index (χ3n) is 3.61. The van der Waals surface area contributed by atoms with Gasteiger partial charge >= 0.3 is 5.97 Å². The number of thiophene rings is 1. The van der Waals surface area contributed by atoms with E-state index < -0.39 is 4.75 Å². The first-order valence-corrected chi connectivity index (χ1v) is 10.3. The number of carbonyl (C=O) groups is 1. The summed E-state index contributed by atoms with van der Waals surface area (Å²) in [6.45, 7) is 5.89. The Morgan fingerprint density at radius 1 is 1.28 bits per heavy atom. The lowest BCUT2D eigenvalue weighted by Gasteiger charge is -2.21. The van der Waals surface area contributed by atoms with Crippen LogP contribution in [0.1, 0.15) is 20.8 Å². The molecule has 130 valence electrons. The predicted molar refractivity (Wildman–Crippen MR) is 107 cm³/mol. The summed E-state index contributed by atoms with van der Waals surface area (Å²) in [6, 6.07) is 8.14. The Kier molecular flexibility index (Phi) is 5.46. The number of halogens is 1. The van der Waals surface area contributed by atoms with Crippen molar-refractivity contribution in [1.29, 1.82) is 0 Å². The Balaban J connectivity index is 2.06. The molecule has 25 heavy (non-hydrogen) atoms. The van der Waals surface area contributed by atoms with Gasteiger partial charge in [-0.25, -0.2) is 9.97 Å². The van der Waals surface area contributed by atoms with Crippen LogP contribution in [0.2, 0.25) is 0 Å². The van der Waals surface area contributed by atoms with Crippen LogP contribution in [0.3, 0.4) is 0 Å². The number of esters is 1. The fraction of sp³-hybridized carbons (Fsp3) is 0.278. The highest BCUT2D eigenvalue weighted by molar-refractivity contribution is 9.10. The predicted octanol–water partition coefficient (Wildman–Crippen LogP) is 5.55. The molecule has 0 fully saturated rings. The van der Waals surface area contributed by atoms with E-state index in [0.29, 0.717) is 6.61 Å². The molecule has 0 aliphatic rings. The molecule has 0 aliphatic carbocycles. The van der Waals surface area contributed by atoms with Gasteiger partial charge in [0.1, 0.15) is 20.9 Å². The van der Waals surface area contributed by atoms with E-state index in [-0.39, 0.29) is 5.97 Å². The third-order valence-corrected chi connectivity index (χ3v) is 6.20. The monoisotopic (exact) mass is 436 g/mol. The summed E-state index contributed by atoms with van der Waals surface area (Å²) in [6.07, 6.45) is 1.55. The summed E-state index contributed by atoms with van der Waals surface area (Å²) in [5.74, 6) is -0.243. The lowest BCUT2D eigenvalue weighted by molar-refractivity contribution is -0.145. The number of carbonyl (C=O) groups excluding carboxylic acids is 1. The fourth-order valence-corrected chi connectivity index (χ4v) is 4.63. The molecule has 7 heteroatoms. The summed E-state index contributed by atoms with van der Waals surface area (Å²) in [4.78, 5) is 22.0. The number of nitrogens with zero attached hydrogens (tertiary/aromatic N) is 2. The van der Waals surface area contributed by atoms with E-state index in [1.807, 2.05) is 32.9 Å². The van der Waals surface area contributed by atoms with Crippen LogP contribution < -0.4 is 0 Å².